The van der Waals surface area contributed by atoms with Crippen LogP contribution in [0.5, 0.6) is 11.5 Å². The maximum atomic E-state index is 13.9. The fourth-order valence-electron chi connectivity index (χ4n) is 3.33. The zero-order chi connectivity index (χ0) is 21.8. The van der Waals surface area contributed by atoms with Crippen molar-refractivity contribution in [3.63, 3.8) is 0 Å². The third kappa shape index (κ3) is 4.66. The van der Waals surface area contributed by atoms with Crippen molar-refractivity contribution in [3.05, 3.63) is 83.7 Å². The number of halogens is 1. The van der Waals surface area contributed by atoms with Crippen molar-refractivity contribution in [2.75, 3.05) is 30.0 Å². The van der Waals surface area contributed by atoms with Gasteiger partial charge in [0.15, 0.2) is 6.61 Å². The first-order valence-corrected chi connectivity index (χ1v) is 9.84. The van der Waals surface area contributed by atoms with Crippen molar-refractivity contribution in [2.24, 2.45) is 0 Å². The van der Waals surface area contributed by atoms with E-state index in [1.54, 1.807) is 29.2 Å². The highest BCUT2D eigenvalue weighted by molar-refractivity contribution is 6.05. The second kappa shape index (κ2) is 8.87. The summed E-state index contributed by atoms with van der Waals surface area (Å²) in [4.78, 5) is 26.4. The van der Waals surface area contributed by atoms with Crippen LogP contribution >= 0.6 is 0 Å². The molecule has 3 aromatic carbocycles. The highest BCUT2D eigenvalue weighted by Gasteiger charge is 2.26. The predicted octanol–water partition coefficient (Wildman–Crippen LogP) is 4.19. The Hall–Kier alpha value is -3.87. The molecule has 1 aliphatic rings. The second-order valence-corrected chi connectivity index (χ2v) is 7.12. The molecule has 1 N–H and O–H groups in total. The van der Waals surface area contributed by atoms with Gasteiger partial charge in [-0.1, -0.05) is 24.3 Å². The minimum absolute atomic E-state index is 0.0593. The van der Waals surface area contributed by atoms with Gasteiger partial charge in [0.25, 0.3) is 11.8 Å². The molecule has 3 aromatic rings. The van der Waals surface area contributed by atoms with Crippen molar-refractivity contribution < 1.29 is 23.5 Å². The van der Waals surface area contributed by atoms with Gasteiger partial charge in [-0.25, -0.2) is 4.39 Å². The normalized spacial score (nSPS) is 12.7. The van der Waals surface area contributed by atoms with Crippen LogP contribution in [0.3, 0.4) is 0 Å². The molecule has 0 radical (unpaired) electrons. The van der Waals surface area contributed by atoms with E-state index in [1.165, 1.54) is 18.2 Å². The first-order chi connectivity index (χ1) is 15.0. The molecule has 0 aliphatic carbocycles. The van der Waals surface area contributed by atoms with E-state index in [9.17, 15) is 14.0 Å². The molecule has 0 atom stereocenters. The fraction of sp³-hybridized carbons (Fsp3) is 0.167. The van der Waals surface area contributed by atoms with Crippen molar-refractivity contribution in [2.45, 2.75) is 6.92 Å². The quantitative estimate of drug-likeness (QED) is 0.649. The lowest BCUT2D eigenvalue weighted by Gasteiger charge is -2.29. The van der Waals surface area contributed by atoms with E-state index in [2.05, 4.69) is 5.32 Å². The van der Waals surface area contributed by atoms with Crippen molar-refractivity contribution in [3.8, 4) is 11.5 Å². The summed E-state index contributed by atoms with van der Waals surface area (Å²) < 4.78 is 25.2. The molecule has 0 unspecified atom stereocenters. The van der Waals surface area contributed by atoms with Crippen LogP contribution in [0.1, 0.15) is 15.9 Å². The Bertz CT molecular complexity index is 1130. The number of nitrogens with zero attached hydrogens (tertiary/aromatic N) is 1. The number of rotatable bonds is 6. The summed E-state index contributed by atoms with van der Waals surface area (Å²) >= 11 is 0. The summed E-state index contributed by atoms with van der Waals surface area (Å²) in [7, 11) is 0. The molecule has 31 heavy (non-hydrogen) atoms. The predicted molar refractivity (Wildman–Crippen MR) is 115 cm³/mol. The van der Waals surface area contributed by atoms with Crippen LogP contribution in [0.2, 0.25) is 0 Å². The SMILES string of the molecule is Cc1cccc(OCCN2C(=O)COc3ccc(NC(=O)c4ccccc4F)cc32)c1. The first kappa shape index (κ1) is 20.4. The number of hydrogen-bond donors (Lipinski definition) is 1. The topological polar surface area (TPSA) is 67.9 Å². The molecule has 0 saturated carbocycles. The fourth-order valence-corrected chi connectivity index (χ4v) is 3.33. The number of carbonyl (C=O) groups is 2. The number of nitrogens with one attached hydrogen (secondary N) is 1. The summed E-state index contributed by atoms with van der Waals surface area (Å²) in [6, 6.07) is 18.4. The van der Waals surface area contributed by atoms with Gasteiger partial charge >= 0.3 is 0 Å². The number of carbonyl (C=O) groups excluding carboxylic acids is 2. The molecule has 6 nitrogen and oxygen atoms in total. The number of ether oxygens (including phenoxy) is 2. The number of amides is 2. The lowest BCUT2D eigenvalue weighted by molar-refractivity contribution is -0.121. The van der Waals surface area contributed by atoms with E-state index in [0.29, 0.717) is 30.3 Å². The number of benzene rings is 3. The summed E-state index contributed by atoms with van der Waals surface area (Å²) in [6.45, 7) is 2.51. The van der Waals surface area contributed by atoms with Gasteiger partial charge in [0.1, 0.15) is 23.9 Å². The Morgan fingerprint density at radius 2 is 1.97 bits per heavy atom. The minimum Gasteiger partial charge on any atom is -0.492 e. The molecular formula is C24H21FN2O4. The largest absolute Gasteiger partial charge is 0.492 e. The first-order valence-electron chi connectivity index (χ1n) is 9.84. The lowest BCUT2D eigenvalue weighted by atomic mass is 10.1. The molecule has 4 rings (SSSR count). The second-order valence-electron chi connectivity index (χ2n) is 7.12. The molecule has 0 saturated heterocycles. The smallest absolute Gasteiger partial charge is 0.265 e. The van der Waals surface area contributed by atoms with E-state index in [0.717, 1.165) is 11.3 Å². The van der Waals surface area contributed by atoms with Gasteiger partial charge in [-0.05, 0) is 55.0 Å². The van der Waals surface area contributed by atoms with Crippen molar-refractivity contribution in [1.82, 2.24) is 0 Å². The molecule has 0 spiro atoms. The van der Waals surface area contributed by atoms with E-state index in [-0.39, 0.29) is 18.1 Å². The molecule has 1 aliphatic heterocycles. The average Bonchev–Trinajstić information content (AvgIpc) is 2.75. The average molecular weight is 420 g/mol. The van der Waals surface area contributed by atoms with Crippen LogP contribution in [0, 0.1) is 12.7 Å². The van der Waals surface area contributed by atoms with E-state index in [1.807, 2.05) is 31.2 Å². The van der Waals surface area contributed by atoms with E-state index in [4.69, 9.17) is 9.47 Å². The van der Waals surface area contributed by atoms with Crippen molar-refractivity contribution >= 4 is 23.2 Å². The number of aryl methyl sites for hydroxylation is 1. The van der Waals surface area contributed by atoms with Crippen LogP contribution < -0.4 is 19.7 Å². The van der Waals surface area contributed by atoms with Crippen LogP contribution in [-0.4, -0.2) is 31.6 Å². The third-order valence-corrected chi connectivity index (χ3v) is 4.85. The monoisotopic (exact) mass is 420 g/mol. The van der Waals surface area contributed by atoms with Gasteiger partial charge < -0.3 is 19.7 Å². The van der Waals surface area contributed by atoms with Crippen molar-refractivity contribution in [1.29, 1.82) is 0 Å². The molecule has 2 amide bonds. The molecule has 0 aromatic heterocycles. The number of anilines is 2. The van der Waals surface area contributed by atoms with Crippen LogP contribution in [-0.2, 0) is 4.79 Å². The Morgan fingerprint density at radius 3 is 2.77 bits per heavy atom. The molecular weight excluding hydrogens is 399 g/mol. The van der Waals surface area contributed by atoms with Crippen LogP contribution in [0.25, 0.3) is 0 Å². The molecule has 158 valence electrons. The lowest BCUT2D eigenvalue weighted by Crippen LogP contribution is -2.41. The van der Waals surface area contributed by atoms with E-state index < -0.39 is 11.7 Å². The summed E-state index contributed by atoms with van der Waals surface area (Å²) in [5.41, 5.74) is 1.97. The maximum Gasteiger partial charge on any atom is 0.265 e. The molecule has 1 heterocycles. The number of hydrogen-bond acceptors (Lipinski definition) is 4. The van der Waals surface area contributed by atoms with Gasteiger partial charge in [-0.15, -0.1) is 0 Å². The molecule has 0 bridgehead atoms. The minimum atomic E-state index is -0.605. The number of fused-ring (bicyclic) bond motifs is 1. The highest BCUT2D eigenvalue weighted by atomic mass is 19.1. The van der Waals surface area contributed by atoms with Crippen LogP contribution in [0.4, 0.5) is 15.8 Å². The summed E-state index contributed by atoms with van der Waals surface area (Å²) in [6.07, 6.45) is 0. The van der Waals surface area contributed by atoms with Gasteiger partial charge in [0, 0.05) is 5.69 Å². The zero-order valence-corrected chi connectivity index (χ0v) is 16.9. The zero-order valence-electron chi connectivity index (χ0n) is 16.9. The summed E-state index contributed by atoms with van der Waals surface area (Å²) in [5.74, 6) is -0.134. The Balaban J connectivity index is 1.49. The summed E-state index contributed by atoms with van der Waals surface area (Å²) in [5, 5.41) is 2.67. The Kier molecular flexibility index (Phi) is 5.84. The Morgan fingerprint density at radius 1 is 1.13 bits per heavy atom. The highest BCUT2D eigenvalue weighted by Crippen LogP contribution is 2.34. The van der Waals surface area contributed by atoms with Gasteiger partial charge in [0.2, 0.25) is 0 Å². The van der Waals surface area contributed by atoms with Gasteiger partial charge in [-0.3, -0.25) is 9.59 Å². The Labute approximate surface area is 179 Å². The standard InChI is InChI=1S/C24H21FN2O4/c1-16-5-4-6-18(13-16)30-12-11-27-21-14-17(9-10-22(21)31-15-23(27)28)26-24(29)19-7-2-3-8-20(19)25/h2-10,13-14H,11-12,15H2,1H3,(H,26,29). The van der Waals surface area contributed by atoms with Crippen LogP contribution in [0.15, 0.2) is 66.7 Å². The third-order valence-electron chi connectivity index (χ3n) is 4.85. The molecule has 0 fully saturated rings. The van der Waals surface area contributed by atoms with E-state index >= 15 is 0 Å². The maximum absolute atomic E-state index is 13.9. The van der Waals surface area contributed by atoms with Gasteiger partial charge in [-0.2, -0.15) is 0 Å². The van der Waals surface area contributed by atoms with Gasteiger partial charge in [0.05, 0.1) is 17.8 Å². The molecule has 7 heteroatoms.